The molecule has 0 bridgehead atoms. The van der Waals surface area contributed by atoms with Crippen molar-refractivity contribution in [3.63, 3.8) is 0 Å². The Morgan fingerprint density at radius 3 is 2.63 bits per heavy atom. The maximum absolute atomic E-state index is 11.4. The summed E-state index contributed by atoms with van der Waals surface area (Å²) in [5.74, 6) is 5.02. The predicted molar refractivity (Wildman–Crippen MR) is 76.2 cm³/mol. The van der Waals surface area contributed by atoms with Crippen LogP contribution in [0, 0.1) is 0 Å². The second-order valence-corrected chi connectivity index (χ2v) is 5.85. The molecule has 4 heteroatoms. The van der Waals surface area contributed by atoms with Crippen molar-refractivity contribution in [1.82, 2.24) is 10.3 Å². The Kier molecular flexibility index (Phi) is 4.22. The molecule has 1 saturated heterocycles. The first-order valence-electron chi connectivity index (χ1n) is 6.84. The Hall–Kier alpha value is -1.39. The Bertz CT molecular complexity index is 456. The second-order valence-electron chi connectivity index (χ2n) is 5.85. The smallest absolute Gasteiger partial charge is 0.238 e. The van der Waals surface area contributed by atoms with Gasteiger partial charge in [-0.25, -0.2) is 5.84 Å². The van der Waals surface area contributed by atoms with Crippen molar-refractivity contribution >= 4 is 5.91 Å². The SMILES string of the molecule is CC1(C)CCCN1Cc1ccccc1CC(=O)NN. The number of nitrogens with zero attached hydrogens (tertiary/aromatic N) is 1. The minimum atomic E-state index is -0.145. The minimum Gasteiger partial charge on any atom is -0.294 e. The lowest BCUT2D eigenvalue weighted by atomic mass is 9.99. The van der Waals surface area contributed by atoms with Crippen LogP contribution in [0.5, 0.6) is 0 Å². The van der Waals surface area contributed by atoms with Crippen LogP contribution in [0.15, 0.2) is 24.3 Å². The van der Waals surface area contributed by atoms with Gasteiger partial charge in [0.2, 0.25) is 5.91 Å². The molecule has 1 aliphatic heterocycles. The molecule has 104 valence electrons. The van der Waals surface area contributed by atoms with Gasteiger partial charge in [-0.1, -0.05) is 24.3 Å². The average molecular weight is 261 g/mol. The van der Waals surface area contributed by atoms with Crippen LogP contribution in [0.4, 0.5) is 0 Å². The van der Waals surface area contributed by atoms with Gasteiger partial charge in [-0.2, -0.15) is 0 Å². The van der Waals surface area contributed by atoms with E-state index in [0.717, 1.165) is 18.7 Å². The van der Waals surface area contributed by atoms with Crippen LogP contribution in [-0.4, -0.2) is 22.9 Å². The average Bonchev–Trinajstić information content (AvgIpc) is 2.71. The van der Waals surface area contributed by atoms with E-state index in [9.17, 15) is 4.79 Å². The summed E-state index contributed by atoms with van der Waals surface area (Å²) in [5, 5.41) is 0. The molecule has 1 aliphatic rings. The molecule has 3 N–H and O–H groups in total. The van der Waals surface area contributed by atoms with Crippen LogP contribution in [0.1, 0.15) is 37.8 Å². The van der Waals surface area contributed by atoms with Crippen LogP contribution < -0.4 is 11.3 Å². The van der Waals surface area contributed by atoms with Gasteiger partial charge in [-0.3, -0.25) is 15.1 Å². The summed E-state index contributed by atoms with van der Waals surface area (Å²) in [6.07, 6.45) is 2.83. The van der Waals surface area contributed by atoms with Crippen molar-refractivity contribution in [3.05, 3.63) is 35.4 Å². The molecule has 0 spiro atoms. The third kappa shape index (κ3) is 3.33. The monoisotopic (exact) mass is 261 g/mol. The van der Waals surface area contributed by atoms with Crippen molar-refractivity contribution < 1.29 is 4.79 Å². The van der Waals surface area contributed by atoms with Crippen LogP contribution in [0.3, 0.4) is 0 Å². The number of benzene rings is 1. The summed E-state index contributed by atoms with van der Waals surface area (Å²) >= 11 is 0. The van der Waals surface area contributed by atoms with Crippen molar-refractivity contribution in [2.45, 2.75) is 45.2 Å². The summed E-state index contributed by atoms with van der Waals surface area (Å²) in [6, 6.07) is 8.11. The number of hydrazine groups is 1. The number of nitrogens with two attached hydrogens (primary N) is 1. The topological polar surface area (TPSA) is 58.4 Å². The summed E-state index contributed by atoms with van der Waals surface area (Å²) < 4.78 is 0. The van der Waals surface area contributed by atoms with E-state index in [4.69, 9.17) is 5.84 Å². The minimum absolute atomic E-state index is 0.145. The molecule has 0 unspecified atom stereocenters. The van der Waals surface area contributed by atoms with Crippen LogP contribution >= 0.6 is 0 Å². The van der Waals surface area contributed by atoms with E-state index >= 15 is 0 Å². The van der Waals surface area contributed by atoms with Gasteiger partial charge in [0, 0.05) is 12.1 Å². The highest BCUT2D eigenvalue weighted by molar-refractivity contribution is 5.78. The van der Waals surface area contributed by atoms with Gasteiger partial charge in [0.25, 0.3) is 0 Å². The normalized spacial score (nSPS) is 18.5. The van der Waals surface area contributed by atoms with Crippen LogP contribution in [0.2, 0.25) is 0 Å². The molecule has 4 nitrogen and oxygen atoms in total. The first kappa shape index (κ1) is 14.0. The van der Waals surface area contributed by atoms with Gasteiger partial charge in [-0.05, 0) is 44.4 Å². The molecule has 0 aromatic heterocycles. The second kappa shape index (κ2) is 5.72. The van der Waals surface area contributed by atoms with Gasteiger partial charge < -0.3 is 0 Å². The Morgan fingerprint density at radius 1 is 1.37 bits per heavy atom. The molecule has 1 aromatic rings. The van der Waals surface area contributed by atoms with Crippen molar-refractivity contribution in [3.8, 4) is 0 Å². The molecule has 0 radical (unpaired) electrons. The zero-order valence-corrected chi connectivity index (χ0v) is 11.8. The van der Waals surface area contributed by atoms with E-state index in [2.05, 4.69) is 30.2 Å². The van der Waals surface area contributed by atoms with E-state index in [1.807, 2.05) is 18.2 Å². The van der Waals surface area contributed by atoms with Gasteiger partial charge in [0.05, 0.1) is 6.42 Å². The van der Waals surface area contributed by atoms with E-state index < -0.39 is 0 Å². The quantitative estimate of drug-likeness (QED) is 0.491. The maximum atomic E-state index is 11.4. The highest BCUT2D eigenvalue weighted by Crippen LogP contribution is 2.30. The van der Waals surface area contributed by atoms with E-state index in [-0.39, 0.29) is 11.4 Å². The zero-order chi connectivity index (χ0) is 13.9. The lowest BCUT2D eigenvalue weighted by Gasteiger charge is -2.32. The summed E-state index contributed by atoms with van der Waals surface area (Å²) in [6.45, 7) is 6.61. The predicted octanol–water partition coefficient (Wildman–Crippen LogP) is 1.59. The van der Waals surface area contributed by atoms with Crippen molar-refractivity contribution in [2.24, 2.45) is 5.84 Å². The van der Waals surface area contributed by atoms with Gasteiger partial charge in [0.1, 0.15) is 0 Å². The number of hydrogen-bond acceptors (Lipinski definition) is 3. The van der Waals surface area contributed by atoms with E-state index in [1.54, 1.807) is 0 Å². The fourth-order valence-electron chi connectivity index (χ4n) is 2.77. The van der Waals surface area contributed by atoms with Crippen molar-refractivity contribution in [1.29, 1.82) is 0 Å². The third-order valence-corrected chi connectivity index (χ3v) is 4.06. The molecule has 0 aliphatic carbocycles. The first-order chi connectivity index (χ1) is 9.03. The fourth-order valence-corrected chi connectivity index (χ4v) is 2.77. The number of nitrogens with one attached hydrogen (secondary N) is 1. The standard InChI is InChI=1S/C15H23N3O/c1-15(2)8-5-9-18(15)11-13-7-4-3-6-12(13)10-14(19)17-16/h3-4,6-7H,5,8-11,16H2,1-2H3,(H,17,19). The lowest BCUT2D eigenvalue weighted by Crippen LogP contribution is -2.38. The lowest BCUT2D eigenvalue weighted by molar-refractivity contribution is -0.120. The largest absolute Gasteiger partial charge is 0.294 e. The molecule has 1 amide bonds. The molecule has 1 aromatic carbocycles. The molecular formula is C15H23N3O. The van der Waals surface area contributed by atoms with E-state index in [0.29, 0.717) is 6.42 Å². The number of likely N-dealkylation sites (tertiary alicyclic amines) is 1. The maximum Gasteiger partial charge on any atom is 0.238 e. The molecule has 0 atom stereocenters. The molecule has 0 saturated carbocycles. The Labute approximate surface area is 114 Å². The highest BCUT2D eigenvalue weighted by Gasteiger charge is 2.31. The van der Waals surface area contributed by atoms with Crippen molar-refractivity contribution in [2.75, 3.05) is 6.54 Å². The number of carbonyl (C=O) groups excluding carboxylic acids is 1. The molecule has 19 heavy (non-hydrogen) atoms. The Balaban J connectivity index is 2.14. The van der Waals surface area contributed by atoms with Gasteiger partial charge in [0.15, 0.2) is 0 Å². The number of amides is 1. The van der Waals surface area contributed by atoms with E-state index in [1.165, 1.54) is 18.4 Å². The zero-order valence-electron chi connectivity index (χ0n) is 11.8. The first-order valence-corrected chi connectivity index (χ1v) is 6.84. The number of rotatable bonds is 4. The molecular weight excluding hydrogens is 238 g/mol. The molecule has 1 heterocycles. The van der Waals surface area contributed by atoms with Crippen LogP contribution in [-0.2, 0) is 17.8 Å². The van der Waals surface area contributed by atoms with Gasteiger partial charge >= 0.3 is 0 Å². The summed E-state index contributed by atoms with van der Waals surface area (Å²) in [7, 11) is 0. The molecule has 2 rings (SSSR count). The highest BCUT2D eigenvalue weighted by atomic mass is 16.2. The Morgan fingerprint density at radius 2 is 2.05 bits per heavy atom. The number of carbonyl (C=O) groups is 1. The molecule has 1 fully saturated rings. The number of hydrogen-bond donors (Lipinski definition) is 2. The third-order valence-electron chi connectivity index (χ3n) is 4.06. The summed E-state index contributed by atoms with van der Waals surface area (Å²) in [5.41, 5.74) is 4.74. The fraction of sp³-hybridized carbons (Fsp3) is 0.533. The van der Waals surface area contributed by atoms with Crippen LogP contribution in [0.25, 0.3) is 0 Å². The summed E-state index contributed by atoms with van der Waals surface area (Å²) in [4.78, 5) is 13.9. The van der Waals surface area contributed by atoms with Gasteiger partial charge in [-0.15, -0.1) is 0 Å².